The number of thiophene rings is 1. The second-order valence-corrected chi connectivity index (χ2v) is 8.27. The second-order valence-electron chi connectivity index (χ2n) is 6.19. The molecular weight excluding hydrogens is 326 g/mol. The number of hydrogen-bond acceptors (Lipinski definition) is 5. The van der Waals surface area contributed by atoms with Crippen molar-refractivity contribution in [2.75, 3.05) is 5.75 Å². The third kappa shape index (κ3) is 4.04. The van der Waals surface area contributed by atoms with E-state index in [0.29, 0.717) is 17.7 Å². The Kier molecular flexibility index (Phi) is 5.54. The van der Waals surface area contributed by atoms with Crippen LogP contribution in [0.3, 0.4) is 0 Å². The van der Waals surface area contributed by atoms with Crippen LogP contribution in [0.2, 0.25) is 0 Å². The second kappa shape index (κ2) is 7.62. The van der Waals surface area contributed by atoms with E-state index in [0.717, 1.165) is 28.1 Å². The molecule has 1 aliphatic carbocycles. The van der Waals surface area contributed by atoms with E-state index in [4.69, 9.17) is 0 Å². The molecule has 2 aromatic heterocycles. The highest BCUT2D eigenvalue weighted by atomic mass is 32.2. The maximum absolute atomic E-state index is 12.3. The molecule has 2 heterocycles. The van der Waals surface area contributed by atoms with Gasteiger partial charge in [-0.25, -0.2) is 9.97 Å². The summed E-state index contributed by atoms with van der Waals surface area (Å²) in [5.74, 6) is 1.13. The van der Waals surface area contributed by atoms with Crippen molar-refractivity contribution in [1.29, 1.82) is 0 Å². The number of hydrogen-bond donors (Lipinski definition) is 1. The molecule has 1 saturated carbocycles. The van der Waals surface area contributed by atoms with Crippen LogP contribution in [0, 0.1) is 5.92 Å². The van der Waals surface area contributed by atoms with Crippen LogP contribution in [0.15, 0.2) is 17.4 Å². The molecule has 1 amide bonds. The number of carbonyl (C=O) groups excluding carboxylic acids is 1. The predicted octanol–water partition coefficient (Wildman–Crippen LogP) is 4.04. The topological polar surface area (TPSA) is 54.9 Å². The number of nitrogens with zero attached hydrogens (tertiary/aromatic N) is 2. The van der Waals surface area contributed by atoms with Gasteiger partial charge < -0.3 is 5.32 Å². The van der Waals surface area contributed by atoms with E-state index in [2.05, 4.69) is 35.2 Å². The van der Waals surface area contributed by atoms with Crippen LogP contribution in [0.4, 0.5) is 0 Å². The first-order chi connectivity index (χ1) is 11.2. The number of fused-ring (bicyclic) bond motifs is 1. The summed E-state index contributed by atoms with van der Waals surface area (Å²) in [6.07, 6.45) is 7.45. The minimum Gasteiger partial charge on any atom is -0.352 e. The Morgan fingerprint density at radius 3 is 3.00 bits per heavy atom. The Morgan fingerprint density at radius 2 is 2.22 bits per heavy atom. The summed E-state index contributed by atoms with van der Waals surface area (Å²) in [7, 11) is 0. The van der Waals surface area contributed by atoms with Crippen LogP contribution in [0.1, 0.15) is 44.4 Å². The van der Waals surface area contributed by atoms with Crippen molar-refractivity contribution in [3.05, 3.63) is 17.3 Å². The summed E-state index contributed by atoms with van der Waals surface area (Å²) >= 11 is 3.22. The molecular formula is C17H23N3OS2. The summed E-state index contributed by atoms with van der Waals surface area (Å²) < 4.78 is 0. The summed E-state index contributed by atoms with van der Waals surface area (Å²) in [6.45, 7) is 4.38. The van der Waals surface area contributed by atoms with Crippen molar-refractivity contribution < 1.29 is 4.79 Å². The van der Waals surface area contributed by atoms with Gasteiger partial charge in [-0.05, 0) is 31.2 Å². The Labute approximate surface area is 145 Å². The van der Waals surface area contributed by atoms with Crippen LogP contribution in [-0.2, 0) is 11.2 Å². The van der Waals surface area contributed by atoms with Gasteiger partial charge in [-0.3, -0.25) is 4.79 Å². The van der Waals surface area contributed by atoms with Gasteiger partial charge in [-0.2, -0.15) is 0 Å². The molecule has 0 spiro atoms. The van der Waals surface area contributed by atoms with E-state index < -0.39 is 0 Å². The third-order valence-corrected chi connectivity index (χ3v) is 6.68. The molecule has 1 N–H and O–H groups in total. The fraction of sp³-hybridized carbons (Fsp3) is 0.588. The Morgan fingerprint density at radius 1 is 1.39 bits per heavy atom. The number of thioether (sulfide) groups is 1. The lowest BCUT2D eigenvalue weighted by Gasteiger charge is -2.29. The molecule has 6 heteroatoms. The van der Waals surface area contributed by atoms with E-state index in [1.165, 1.54) is 35.9 Å². The average molecular weight is 350 g/mol. The molecule has 0 unspecified atom stereocenters. The van der Waals surface area contributed by atoms with Crippen LogP contribution in [0.5, 0.6) is 0 Å². The standard InChI is InChI=1S/C17H23N3OS2/c1-3-12-8-13-16(18-10-19-17(13)23-12)22-9-15(21)20-14-7-5-4-6-11(14)2/h8,10-11,14H,3-7,9H2,1-2H3,(H,20,21)/t11-,14+/m1/s1. The molecule has 0 bridgehead atoms. The third-order valence-electron chi connectivity index (χ3n) is 4.49. The smallest absolute Gasteiger partial charge is 0.230 e. The van der Waals surface area contributed by atoms with Crippen LogP contribution in [0.25, 0.3) is 10.2 Å². The molecule has 2 aromatic rings. The van der Waals surface area contributed by atoms with Gasteiger partial charge in [0.2, 0.25) is 5.91 Å². The molecule has 4 nitrogen and oxygen atoms in total. The number of nitrogens with one attached hydrogen (secondary N) is 1. The summed E-state index contributed by atoms with van der Waals surface area (Å²) in [5, 5.41) is 5.20. The van der Waals surface area contributed by atoms with Crippen molar-refractivity contribution >= 4 is 39.2 Å². The monoisotopic (exact) mass is 349 g/mol. The highest BCUT2D eigenvalue weighted by Gasteiger charge is 2.22. The van der Waals surface area contributed by atoms with Crippen molar-refractivity contribution in [3.8, 4) is 0 Å². The fourth-order valence-electron chi connectivity index (χ4n) is 3.09. The number of aromatic nitrogens is 2. The maximum atomic E-state index is 12.3. The minimum atomic E-state index is 0.117. The molecule has 0 aromatic carbocycles. The Bertz CT molecular complexity index is 686. The van der Waals surface area contributed by atoms with E-state index >= 15 is 0 Å². The zero-order valence-electron chi connectivity index (χ0n) is 13.7. The summed E-state index contributed by atoms with van der Waals surface area (Å²) in [6, 6.07) is 2.50. The lowest BCUT2D eigenvalue weighted by Crippen LogP contribution is -2.41. The van der Waals surface area contributed by atoms with Gasteiger partial charge in [0.25, 0.3) is 0 Å². The van der Waals surface area contributed by atoms with E-state index in [-0.39, 0.29) is 5.91 Å². The van der Waals surface area contributed by atoms with Crippen molar-refractivity contribution in [1.82, 2.24) is 15.3 Å². The Hall–Kier alpha value is -1.14. The Balaban J connectivity index is 1.61. The lowest BCUT2D eigenvalue weighted by molar-refractivity contribution is -0.119. The molecule has 0 radical (unpaired) electrons. The predicted molar refractivity (Wildman–Crippen MR) is 97.1 cm³/mol. The summed E-state index contributed by atoms with van der Waals surface area (Å²) in [5.41, 5.74) is 0. The van der Waals surface area contributed by atoms with Gasteiger partial charge in [0.15, 0.2) is 0 Å². The minimum absolute atomic E-state index is 0.117. The van der Waals surface area contributed by atoms with E-state index in [1.54, 1.807) is 17.7 Å². The van der Waals surface area contributed by atoms with Crippen molar-refractivity contribution in [2.24, 2.45) is 5.92 Å². The van der Waals surface area contributed by atoms with E-state index in [9.17, 15) is 4.79 Å². The normalized spacial score (nSPS) is 21.5. The average Bonchev–Trinajstić information content (AvgIpc) is 2.99. The number of aryl methyl sites for hydroxylation is 1. The van der Waals surface area contributed by atoms with E-state index in [1.807, 2.05) is 0 Å². The van der Waals surface area contributed by atoms with Crippen molar-refractivity contribution in [3.63, 3.8) is 0 Å². The highest BCUT2D eigenvalue weighted by molar-refractivity contribution is 8.00. The molecule has 2 atom stereocenters. The molecule has 1 aliphatic rings. The van der Waals surface area contributed by atoms with Gasteiger partial charge in [0, 0.05) is 16.3 Å². The molecule has 124 valence electrons. The van der Waals surface area contributed by atoms with Gasteiger partial charge in [0.1, 0.15) is 16.2 Å². The van der Waals surface area contributed by atoms with Gasteiger partial charge >= 0.3 is 0 Å². The van der Waals surface area contributed by atoms with Crippen molar-refractivity contribution in [2.45, 2.75) is 57.0 Å². The van der Waals surface area contributed by atoms with Crippen LogP contribution in [-0.4, -0.2) is 27.7 Å². The number of carbonyl (C=O) groups is 1. The van der Waals surface area contributed by atoms with Crippen LogP contribution >= 0.6 is 23.1 Å². The fourth-order valence-corrected chi connectivity index (χ4v) is 4.87. The lowest BCUT2D eigenvalue weighted by atomic mass is 9.86. The first-order valence-corrected chi connectivity index (χ1v) is 10.1. The zero-order valence-corrected chi connectivity index (χ0v) is 15.3. The SMILES string of the molecule is CCc1cc2c(SCC(=O)N[C@H]3CCCC[C@H]3C)ncnc2s1. The maximum Gasteiger partial charge on any atom is 0.230 e. The van der Waals surface area contributed by atoms with Gasteiger partial charge in [-0.15, -0.1) is 11.3 Å². The number of amides is 1. The molecule has 1 fully saturated rings. The van der Waals surface area contributed by atoms with Gasteiger partial charge in [0.05, 0.1) is 5.75 Å². The first kappa shape index (κ1) is 16.7. The number of rotatable bonds is 5. The first-order valence-electron chi connectivity index (χ1n) is 8.33. The molecule has 0 saturated heterocycles. The van der Waals surface area contributed by atoms with Gasteiger partial charge in [-0.1, -0.05) is 38.5 Å². The highest BCUT2D eigenvalue weighted by Crippen LogP contribution is 2.31. The summed E-state index contributed by atoms with van der Waals surface area (Å²) in [4.78, 5) is 23.3. The molecule has 0 aliphatic heterocycles. The largest absolute Gasteiger partial charge is 0.352 e. The van der Waals surface area contributed by atoms with Crippen LogP contribution < -0.4 is 5.32 Å². The molecule has 3 rings (SSSR count). The zero-order chi connectivity index (χ0) is 16.2. The quantitative estimate of drug-likeness (QED) is 0.654. The molecule has 23 heavy (non-hydrogen) atoms.